The number of aliphatic hydroxyl groups is 1. The monoisotopic (exact) mass is 331 g/mol. The molecular weight excluding hydrogens is 316 g/mol. The minimum atomic E-state index is -0.601. The quantitative estimate of drug-likeness (QED) is 0.868. The maximum absolute atomic E-state index is 14.4. The van der Waals surface area contributed by atoms with Crippen LogP contribution in [-0.4, -0.2) is 11.7 Å². The second-order valence-corrected chi connectivity index (χ2v) is 4.72. The van der Waals surface area contributed by atoms with E-state index in [9.17, 15) is 4.39 Å². The Hall–Kier alpha value is -1.33. The largest absolute Gasteiger partial charge is 0.453 e. The number of ether oxygens (including phenoxy) is 1. The van der Waals surface area contributed by atoms with E-state index < -0.39 is 11.9 Å². The zero-order chi connectivity index (χ0) is 14.5. The molecule has 6 heteroatoms. The van der Waals surface area contributed by atoms with E-state index in [0.29, 0.717) is 5.75 Å². The van der Waals surface area contributed by atoms with Gasteiger partial charge in [-0.15, -0.1) is 12.4 Å². The van der Waals surface area contributed by atoms with Crippen LogP contribution in [0, 0.1) is 5.82 Å². The van der Waals surface area contributed by atoms with Crippen molar-refractivity contribution >= 4 is 24.0 Å². The Morgan fingerprint density at radius 1 is 1.19 bits per heavy atom. The fourth-order valence-electron chi connectivity index (χ4n) is 1.83. The van der Waals surface area contributed by atoms with Crippen LogP contribution in [0.2, 0.25) is 5.02 Å². The Labute approximate surface area is 133 Å². The van der Waals surface area contributed by atoms with Gasteiger partial charge in [-0.3, -0.25) is 0 Å². The van der Waals surface area contributed by atoms with E-state index in [-0.39, 0.29) is 41.8 Å². The van der Waals surface area contributed by atoms with Crippen molar-refractivity contribution in [3.05, 3.63) is 58.9 Å². The van der Waals surface area contributed by atoms with Gasteiger partial charge in [0.1, 0.15) is 5.75 Å². The Morgan fingerprint density at radius 2 is 1.86 bits per heavy atom. The maximum Gasteiger partial charge on any atom is 0.181 e. The summed E-state index contributed by atoms with van der Waals surface area (Å²) in [6.07, 6.45) is 0.267. The van der Waals surface area contributed by atoms with E-state index in [1.165, 1.54) is 12.1 Å². The van der Waals surface area contributed by atoms with Crippen molar-refractivity contribution in [2.24, 2.45) is 5.73 Å². The summed E-state index contributed by atoms with van der Waals surface area (Å²) < 4.78 is 19.9. The summed E-state index contributed by atoms with van der Waals surface area (Å²) in [5.41, 5.74) is 6.09. The molecule has 1 atom stereocenters. The number of benzene rings is 2. The lowest BCUT2D eigenvalue weighted by molar-refractivity contribution is 0.275. The van der Waals surface area contributed by atoms with E-state index in [0.717, 1.165) is 0 Å². The fourth-order valence-corrected chi connectivity index (χ4v) is 2.01. The third-order valence-corrected chi connectivity index (χ3v) is 3.18. The molecule has 1 unspecified atom stereocenters. The molecule has 0 aliphatic heterocycles. The highest BCUT2D eigenvalue weighted by atomic mass is 35.5. The van der Waals surface area contributed by atoms with Gasteiger partial charge in [0.05, 0.1) is 5.02 Å². The first-order valence-corrected chi connectivity index (χ1v) is 6.58. The van der Waals surface area contributed by atoms with Gasteiger partial charge in [-0.2, -0.15) is 0 Å². The van der Waals surface area contributed by atoms with E-state index in [4.69, 9.17) is 27.2 Å². The maximum atomic E-state index is 14.4. The van der Waals surface area contributed by atoms with Crippen LogP contribution in [0.5, 0.6) is 11.5 Å². The van der Waals surface area contributed by atoms with Gasteiger partial charge >= 0.3 is 0 Å². The molecule has 0 bridgehead atoms. The van der Waals surface area contributed by atoms with Crippen LogP contribution in [0.25, 0.3) is 0 Å². The number of hydrogen-bond donors (Lipinski definition) is 2. The van der Waals surface area contributed by atoms with Gasteiger partial charge in [0.15, 0.2) is 11.6 Å². The minimum absolute atomic E-state index is 0. The highest BCUT2D eigenvalue weighted by molar-refractivity contribution is 6.32. The molecule has 2 aromatic rings. The predicted molar refractivity (Wildman–Crippen MR) is 83.8 cm³/mol. The first kappa shape index (κ1) is 17.7. The first-order chi connectivity index (χ1) is 9.63. The fraction of sp³-hybridized carbons (Fsp3) is 0.200. The SMILES string of the molecule is Cl.NC(CCO)c1ccc(Cl)c(Oc2ccccc2)c1F. The van der Waals surface area contributed by atoms with Gasteiger partial charge in [-0.25, -0.2) is 4.39 Å². The summed E-state index contributed by atoms with van der Waals surface area (Å²) in [6, 6.07) is 11.2. The third-order valence-electron chi connectivity index (χ3n) is 2.88. The lowest BCUT2D eigenvalue weighted by Crippen LogP contribution is -2.14. The topological polar surface area (TPSA) is 55.5 Å². The number of hydrogen-bond acceptors (Lipinski definition) is 3. The predicted octanol–water partition coefficient (Wildman–Crippen LogP) is 4.08. The van der Waals surface area contributed by atoms with E-state index in [1.54, 1.807) is 24.3 Å². The number of nitrogens with two attached hydrogens (primary N) is 1. The van der Waals surface area contributed by atoms with Crippen LogP contribution in [0.4, 0.5) is 4.39 Å². The minimum Gasteiger partial charge on any atom is -0.453 e. The van der Waals surface area contributed by atoms with Gasteiger partial charge in [-0.05, 0) is 24.6 Å². The summed E-state index contributed by atoms with van der Waals surface area (Å²) in [6.45, 7) is -0.113. The van der Waals surface area contributed by atoms with Crippen LogP contribution in [0.1, 0.15) is 18.0 Å². The van der Waals surface area contributed by atoms with Crippen molar-refractivity contribution in [2.75, 3.05) is 6.61 Å². The third kappa shape index (κ3) is 4.32. The molecule has 0 aliphatic rings. The number of rotatable bonds is 5. The van der Waals surface area contributed by atoms with Gasteiger partial charge in [0.2, 0.25) is 0 Å². The Bertz CT molecular complexity index is 581. The molecule has 2 rings (SSSR count). The molecule has 0 saturated heterocycles. The molecule has 0 heterocycles. The average Bonchev–Trinajstić information content (AvgIpc) is 2.45. The molecule has 0 aliphatic carbocycles. The molecule has 3 nitrogen and oxygen atoms in total. The molecule has 0 amide bonds. The smallest absolute Gasteiger partial charge is 0.181 e. The van der Waals surface area contributed by atoms with Crippen LogP contribution >= 0.6 is 24.0 Å². The molecule has 0 spiro atoms. The lowest BCUT2D eigenvalue weighted by Gasteiger charge is -2.15. The summed E-state index contributed by atoms with van der Waals surface area (Å²) in [5.74, 6) is -0.160. The van der Waals surface area contributed by atoms with Crippen LogP contribution < -0.4 is 10.5 Å². The molecule has 3 N–H and O–H groups in total. The van der Waals surface area contributed by atoms with Crippen LogP contribution in [0.15, 0.2) is 42.5 Å². The van der Waals surface area contributed by atoms with Crippen molar-refractivity contribution in [3.8, 4) is 11.5 Å². The Balaban J connectivity index is 0.00000220. The molecule has 114 valence electrons. The van der Waals surface area contributed by atoms with Gasteiger partial charge in [0.25, 0.3) is 0 Å². The molecular formula is C15H16Cl2FNO2. The van der Waals surface area contributed by atoms with Crippen molar-refractivity contribution in [1.29, 1.82) is 0 Å². The standard InChI is InChI=1S/C15H15ClFNO2.ClH/c16-12-7-6-11(13(18)8-9-19)14(17)15(12)20-10-4-2-1-3-5-10;/h1-7,13,19H,8-9,18H2;1H. The summed E-state index contributed by atoms with van der Waals surface area (Å²) >= 11 is 5.98. The molecule has 2 aromatic carbocycles. The second-order valence-electron chi connectivity index (χ2n) is 4.31. The van der Waals surface area contributed by atoms with Gasteiger partial charge in [0, 0.05) is 18.2 Å². The van der Waals surface area contributed by atoms with Crippen molar-refractivity contribution in [2.45, 2.75) is 12.5 Å². The first-order valence-electron chi connectivity index (χ1n) is 6.20. The number of aliphatic hydroxyl groups excluding tert-OH is 1. The molecule has 0 fully saturated rings. The van der Waals surface area contributed by atoms with Crippen molar-refractivity contribution in [3.63, 3.8) is 0 Å². The summed E-state index contributed by atoms with van der Waals surface area (Å²) in [7, 11) is 0. The highest BCUT2D eigenvalue weighted by Crippen LogP contribution is 2.35. The molecule has 0 saturated carbocycles. The van der Waals surface area contributed by atoms with E-state index in [2.05, 4.69) is 0 Å². The van der Waals surface area contributed by atoms with Gasteiger partial charge < -0.3 is 15.6 Å². The zero-order valence-electron chi connectivity index (χ0n) is 11.1. The van der Waals surface area contributed by atoms with Gasteiger partial charge in [-0.1, -0.05) is 35.9 Å². The normalized spacial score (nSPS) is 11.6. The molecule has 21 heavy (non-hydrogen) atoms. The Kier molecular flexibility index (Phi) is 6.92. The molecule has 0 aromatic heterocycles. The highest BCUT2D eigenvalue weighted by Gasteiger charge is 2.18. The van der Waals surface area contributed by atoms with E-state index >= 15 is 0 Å². The Morgan fingerprint density at radius 3 is 2.48 bits per heavy atom. The molecule has 0 radical (unpaired) electrons. The van der Waals surface area contributed by atoms with E-state index in [1.807, 2.05) is 6.07 Å². The number of halogens is 3. The average molecular weight is 332 g/mol. The van der Waals surface area contributed by atoms with Crippen LogP contribution in [0.3, 0.4) is 0 Å². The zero-order valence-corrected chi connectivity index (χ0v) is 12.7. The summed E-state index contributed by atoms with van der Waals surface area (Å²) in [4.78, 5) is 0. The van der Waals surface area contributed by atoms with Crippen molar-refractivity contribution < 1.29 is 14.2 Å². The second kappa shape index (κ2) is 8.20. The van der Waals surface area contributed by atoms with Crippen LogP contribution in [-0.2, 0) is 0 Å². The summed E-state index contributed by atoms with van der Waals surface area (Å²) in [5, 5.41) is 9.06. The van der Waals surface area contributed by atoms with Crippen molar-refractivity contribution in [1.82, 2.24) is 0 Å². The number of para-hydroxylation sites is 1. The lowest BCUT2D eigenvalue weighted by atomic mass is 10.0.